The molecule has 0 saturated heterocycles. The number of rotatable bonds is 7. The number of benzene rings is 2. The molecule has 0 spiro atoms. The van der Waals surface area contributed by atoms with Crippen LogP contribution in [-0.2, 0) is 4.79 Å². The molecule has 0 radical (unpaired) electrons. The highest BCUT2D eigenvalue weighted by Crippen LogP contribution is 2.27. The molecule has 0 saturated carbocycles. The third-order valence-corrected chi connectivity index (χ3v) is 4.10. The number of nitrogens with one attached hydrogen (secondary N) is 2. The quantitative estimate of drug-likeness (QED) is 0.548. The Balaban J connectivity index is 1.56. The van der Waals surface area contributed by atoms with Crippen LogP contribution in [0.3, 0.4) is 0 Å². The topological polar surface area (TPSA) is 123 Å². The predicted octanol–water partition coefficient (Wildman–Crippen LogP) is 2.23. The molecule has 30 heavy (non-hydrogen) atoms. The van der Waals surface area contributed by atoms with Crippen molar-refractivity contribution in [2.45, 2.75) is 0 Å². The first-order valence-corrected chi connectivity index (χ1v) is 8.91. The number of phenols is 1. The molecule has 0 aliphatic carbocycles. The van der Waals surface area contributed by atoms with E-state index in [0.29, 0.717) is 34.1 Å². The zero-order valence-corrected chi connectivity index (χ0v) is 16.4. The van der Waals surface area contributed by atoms with Crippen molar-refractivity contribution in [3.63, 3.8) is 0 Å². The van der Waals surface area contributed by atoms with Crippen LogP contribution >= 0.6 is 0 Å². The Morgan fingerprint density at radius 1 is 1.00 bits per heavy atom. The molecule has 0 aliphatic heterocycles. The van der Waals surface area contributed by atoms with Gasteiger partial charge in [-0.3, -0.25) is 9.59 Å². The zero-order chi connectivity index (χ0) is 21.5. The van der Waals surface area contributed by atoms with Crippen LogP contribution in [0.15, 0.2) is 54.9 Å². The molecule has 2 amide bonds. The standard InChI is InChI=1S/C21H20N4O5/c1-29-17-7-6-14(9-18(17)30-2)21(28)24-12-19(27)25-15-10-22-20(23-11-15)13-4-3-5-16(26)8-13/h3-11,26H,12H2,1-2H3,(H,24,28)(H,25,27). The van der Waals surface area contributed by atoms with Gasteiger partial charge in [0.25, 0.3) is 5.91 Å². The summed E-state index contributed by atoms with van der Waals surface area (Å²) in [5, 5.41) is 14.7. The van der Waals surface area contributed by atoms with Gasteiger partial charge in [0.15, 0.2) is 17.3 Å². The van der Waals surface area contributed by atoms with E-state index < -0.39 is 11.8 Å². The van der Waals surface area contributed by atoms with Crippen LogP contribution in [-0.4, -0.2) is 47.7 Å². The van der Waals surface area contributed by atoms with Gasteiger partial charge in [-0.25, -0.2) is 9.97 Å². The van der Waals surface area contributed by atoms with E-state index in [1.807, 2.05) is 0 Å². The van der Waals surface area contributed by atoms with Gasteiger partial charge in [-0.15, -0.1) is 0 Å². The maximum absolute atomic E-state index is 12.3. The largest absolute Gasteiger partial charge is 0.508 e. The highest BCUT2D eigenvalue weighted by molar-refractivity contribution is 5.99. The molecule has 1 aromatic heterocycles. The highest BCUT2D eigenvalue weighted by Gasteiger charge is 2.12. The maximum Gasteiger partial charge on any atom is 0.251 e. The lowest BCUT2D eigenvalue weighted by atomic mass is 10.2. The molecule has 0 unspecified atom stereocenters. The molecule has 9 nitrogen and oxygen atoms in total. The second-order valence-electron chi connectivity index (χ2n) is 6.15. The van der Waals surface area contributed by atoms with E-state index in [-0.39, 0.29) is 12.3 Å². The van der Waals surface area contributed by atoms with Gasteiger partial charge in [-0.05, 0) is 30.3 Å². The summed E-state index contributed by atoms with van der Waals surface area (Å²) in [5.41, 5.74) is 1.36. The van der Waals surface area contributed by atoms with Crippen molar-refractivity contribution in [2.24, 2.45) is 0 Å². The first-order chi connectivity index (χ1) is 14.5. The number of phenolic OH excluding ortho intramolecular Hbond substituents is 1. The monoisotopic (exact) mass is 408 g/mol. The number of methoxy groups -OCH3 is 2. The molecule has 154 valence electrons. The van der Waals surface area contributed by atoms with Gasteiger partial charge < -0.3 is 25.2 Å². The molecule has 3 rings (SSSR count). The number of hydrogen-bond donors (Lipinski definition) is 3. The number of aromatic nitrogens is 2. The second-order valence-corrected chi connectivity index (χ2v) is 6.15. The van der Waals surface area contributed by atoms with Crippen LogP contribution in [0, 0.1) is 0 Å². The highest BCUT2D eigenvalue weighted by atomic mass is 16.5. The Labute approximate surface area is 172 Å². The van der Waals surface area contributed by atoms with Crippen molar-refractivity contribution < 1.29 is 24.2 Å². The summed E-state index contributed by atoms with van der Waals surface area (Å²) in [4.78, 5) is 32.7. The van der Waals surface area contributed by atoms with Crippen LogP contribution in [0.4, 0.5) is 5.69 Å². The lowest BCUT2D eigenvalue weighted by molar-refractivity contribution is -0.115. The number of aromatic hydroxyl groups is 1. The fourth-order valence-corrected chi connectivity index (χ4v) is 2.63. The maximum atomic E-state index is 12.3. The first-order valence-electron chi connectivity index (χ1n) is 8.91. The summed E-state index contributed by atoms with van der Waals surface area (Å²) < 4.78 is 10.3. The van der Waals surface area contributed by atoms with E-state index >= 15 is 0 Å². The number of amides is 2. The SMILES string of the molecule is COc1ccc(C(=O)NCC(=O)Nc2cnc(-c3cccc(O)c3)nc2)cc1OC. The molecule has 0 bridgehead atoms. The average molecular weight is 408 g/mol. The van der Waals surface area contributed by atoms with Crippen molar-refractivity contribution >= 4 is 17.5 Å². The smallest absolute Gasteiger partial charge is 0.251 e. The summed E-state index contributed by atoms with van der Waals surface area (Å²) in [6, 6.07) is 11.2. The molecule has 0 aliphatic rings. The Morgan fingerprint density at radius 2 is 1.73 bits per heavy atom. The fraction of sp³-hybridized carbons (Fsp3) is 0.143. The third-order valence-electron chi connectivity index (χ3n) is 4.10. The normalized spacial score (nSPS) is 10.2. The molecule has 9 heteroatoms. The molecular formula is C21H20N4O5. The zero-order valence-electron chi connectivity index (χ0n) is 16.4. The average Bonchev–Trinajstić information content (AvgIpc) is 2.77. The molecule has 1 heterocycles. The van der Waals surface area contributed by atoms with Crippen LogP contribution in [0.5, 0.6) is 17.2 Å². The number of anilines is 1. The Hall–Kier alpha value is -4.14. The van der Waals surface area contributed by atoms with Gasteiger partial charge in [0.05, 0.1) is 38.8 Å². The van der Waals surface area contributed by atoms with Crippen molar-refractivity contribution in [2.75, 3.05) is 26.1 Å². The minimum Gasteiger partial charge on any atom is -0.508 e. The third kappa shape index (κ3) is 5.02. The lowest BCUT2D eigenvalue weighted by Gasteiger charge is -2.10. The predicted molar refractivity (Wildman–Crippen MR) is 110 cm³/mol. The van der Waals surface area contributed by atoms with Gasteiger partial charge in [0, 0.05) is 11.1 Å². The van der Waals surface area contributed by atoms with Crippen molar-refractivity contribution in [1.29, 1.82) is 0 Å². The number of hydrogen-bond acceptors (Lipinski definition) is 7. The summed E-state index contributed by atoms with van der Waals surface area (Å²) in [5.74, 6) is 0.572. The molecular weight excluding hydrogens is 388 g/mol. The van der Waals surface area contributed by atoms with E-state index in [9.17, 15) is 14.7 Å². The van der Waals surface area contributed by atoms with E-state index in [4.69, 9.17) is 9.47 Å². The Bertz CT molecular complexity index is 1050. The van der Waals surface area contributed by atoms with Gasteiger partial charge >= 0.3 is 0 Å². The number of carbonyl (C=O) groups is 2. The minimum absolute atomic E-state index is 0.110. The molecule has 2 aromatic carbocycles. The lowest BCUT2D eigenvalue weighted by Crippen LogP contribution is -2.32. The number of carbonyl (C=O) groups excluding carboxylic acids is 2. The molecule has 0 atom stereocenters. The summed E-state index contributed by atoms with van der Waals surface area (Å²) >= 11 is 0. The van der Waals surface area contributed by atoms with Crippen LogP contribution < -0.4 is 20.1 Å². The summed E-state index contributed by atoms with van der Waals surface area (Å²) in [6.45, 7) is -0.235. The van der Waals surface area contributed by atoms with Gasteiger partial charge in [0.2, 0.25) is 5.91 Å². The van der Waals surface area contributed by atoms with Gasteiger partial charge in [0.1, 0.15) is 5.75 Å². The van der Waals surface area contributed by atoms with E-state index in [0.717, 1.165) is 0 Å². The van der Waals surface area contributed by atoms with Crippen molar-refractivity contribution in [1.82, 2.24) is 15.3 Å². The fourth-order valence-electron chi connectivity index (χ4n) is 2.63. The number of nitrogens with zero attached hydrogens (tertiary/aromatic N) is 2. The Morgan fingerprint density at radius 3 is 2.40 bits per heavy atom. The first kappa shape index (κ1) is 20.6. The molecule has 3 aromatic rings. The van der Waals surface area contributed by atoms with Gasteiger partial charge in [-0.2, -0.15) is 0 Å². The van der Waals surface area contributed by atoms with Gasteiger partial charge in [-0.1, -0.05) is 12.1 Å². The van der Waals surface area contributed by atoms with Crippen LogP contribution in [0.25, 0.3) is 11.4 Å². The van der Waals surface area contributed by atoms with E-state index in [2.05, 4.69) is 20.6 Å². The van der Waals surface area contributed by atoms with Crippen molar-refractivity contribution in [3.8, 4) is 28.6 Å². The molecule has 0 fully saturated rings. The molecule has 3 N–H and O–H groups in total. The van der Waals surface area contributed by atoms with Crippen LogP contribution in [0.1, 0.15) is 10.4 Å². The van der Waals surface area contributed by atoms with E-state index in [1.54, 1.807) is 30.3 Å². The number of ether oxygens (including phenoxy) is 2. The summed E-state index contributed by atoms with van der Waals surface area (Å²) in [6.07, 6.45) is 2.89. The Kier molecular flexibility index (Phi) is 6.43. The second kappa shape index (κ2) is 9.37. The van der Waals surface area contributed by atoms with Crippen LogP contribution in [0.2, 0.25) is 0 Å². The van der Waals surface area contributed by atoms with Crippen molar-refractivity contribution in [3.05, 3.63) is 60.4 Å². The minimum atomic E-state index is -0.433. The summed E-state index contributed by atoms with van der Waals surface area (Å²) in [7, 11) is 2.97. The van der Waals surface area contributed by atoms with E-state index in [1.165, 1.54) is 38.7 Å².